The van der Waals surface area contributed by atoms with Crippen LogP contribution in [0, 0.1) is 13.8 Å². The van der Waals surface area contributed by atoms with Gasteiger partial charge < -0.3 is 14.5 Å². The first-order chi connectivity index (χ1) is 18.8. The Kier molecular flexibility index (Phi) is 6.43. The number of piperidine rings is 1. The molecule has 1 N–H and O–H groups in total. The van der Waals surface area contributed by atoms with Crippen LogP contribution in [-0.4, -0.2) is 42.2 Å². The van der Waals surface area contributed by atoms with Gasteiger partial charge in [0.05, 0.1) is 41.2 Å². The van der Waals surface area contributed by atoms with E-state index in [4.69, 9.17) is 14.5 Å². The van der Waals surface area contributed by atoms with Gasteiger partial charge in [0.15, 0.2) is 5.82 Å². The van der Waals surface area contributed by atoms with Crippen molar-refractivity contribution in [2.24, 2.45) is 0 Å². The number of aryl methyl sites for hydroxylation is 2. The van der Waals surface area contributed by atoms with E-state index < -0.39 is 5.60 Å². The molecular weight excluding hydrogens is 488 g/mol. The average Bonchev–Trinajstić information content (AvgIpc) is 3.52. The van der Waals surface area contributed by atoms with Crippen molar-refractivity contribution >= 4 is 16.7 Å². The summed E-state index contributed by atoms with van der Waals surface area (Å²) in [6.07, 6.45) is 7.04. The lowest BCUT2D eigenvalue weighted by molar-refractivity contribution is 0.0577. The molecule has 0 saturated carbocycles. The van der Waals surface area contributed by atoms with Crippen LogP contribution in [0.3, 0.4) is 0 Å². The van der Waals surface area contributed by atoms with Gasteiger partial charge >= 0.3 is 0 Å². The van der Waals surface area contributed by atoms with Gasteiger partial charge in [-0.1, -0.05) is 41.6 Å². The van der Waals surface area contributed by atoms with Crippen molar-refractivity contribution in [3.8, 4) is 22.5 Å². The Morgan fingerprint density at radius 1 is 1.03 bits per heavy atom. The Labute approximate surface area is 228 Å². The molecular formula is C31H34N6O2. The zero-order chi connectivity index (χ0) is 27.1. The molecule has 8 nitrogen and oxygen atoms in total. The molecule has 0 aliphatic carbocycles. The normalized spacial score (nSPS) is 16.2. The van der Waals surface area contributed by atoms with Crippen LogP contribution in [0.5, 0.6) is 0 Å². The van der Waals surface area contributed by atoms with Crippen LogP contribution in [0.25, 0.3) is 33.4 Å². The van der Waals surface area contributed by atoms with E-state index in [0.717, 1.165) is 64.3 Å². The fraction of sp³-hybridized carbons (Fsp3) is 0.355. The maximum atomic E-state index is 10.3. The second-order valence-corrected chi connectivity index (χ2v) is 11.2. The van der Waals surface area contributed by atoms with E-state index in [9.17, 15) is 5.11 Å². The highest BCUT2D eigenvalue weighted by atomic mass is 16.5. The topological polar surface area (TPSA) is 93.1 Å². The number of hydrogen-bond donors (Lipinski definition) is 1. The molecule has 1 fully saturated rings. The molecule has 4 heterocycles. The minimum atomic E-state index is -0.871. The molecule has 3 aromatic heterocycles. The molecule has 1 aliphatic heterocycles. The van der Waals surface area contributed by atoms with Crippen LogP contribution in [0.1, 0.15) is 56.2 Å². The molecule has 0 unspecified atom stereocenters. The first-order valence-electron chi connectivity index (χ1n) is 13.6. The summed E-state index contributed by atoms with van der Waals surface area (Å²) in [7, 11) is 0. The van der Waals surface area contributed by atoms with Gasteiger partial charge in [-0.3, -0.25) is 4.68 Å². The van der Waals surface area contributed by atoms with Gasteiger partial charge in [0.2, 0.25) is 0 Å². The van der Waals surface area contributed by atoms with E-state index in [1.807, 2.05) is 20.0 Å². The summed E-state index contributed by atoms with van der Waals surface area (Å²) in [6, 6.07) is 17.3. The molecule has 200 valence electrons. The second kappa shape index (κ2) is 9.93. The minimum Gasteiger partial charge on any atom is -0.389 e. The summed E-state index contributed by atoms with van der Waals surface area (Å²) in [6.45, 7) is 8.76. The summed E-state index contributed by atoms with van der Waals surface area (Å²) in [5.41, 5.74) is 5.05. The third-order valence-corrected chi connectivity index (χ3v) is 7.40. The predicted octanol–water partition coefficient (Wildman–Crippen LogP) is 6.27. The largest absolute Gasteiger partial charge is 0.389 e. The van der Waals surface area contributed by atoms with Crippen LogP contribution in [0.15, 0.2) is 65.4 Å². The lowest BCUT2D eigenvalue weighted by Gasteiger charge is -2.37. The fourth-order valence-electron chi connectivity index (χ4n) is 5.68. The van der Waals surface area contributed by atoms with Crippen LogP contribution >= 0.6 is 0 Å². The van der Waals surface area contributed by atoms with E-state index in [-0.39, 0.29) is 6.04 Å². The van der Waals surface area contributed by atoms with Crippen molar-refractivity contribution in [3.63, 3.8) is 0 Å². The van der Waals surface area contributed by atoms with Crippen LogP contribution in [0.2, 0.25) is 0 Å². The Morgan fingerprint density at radius 3 is 2.59 bits per heavy atom. The van der Waals surface area contributed by atoms with E-state index in [1.165, 1.54) is 12.0 Å². The molecule has 6 rings (SSSR count). The molecule has 5 aromatic rings. The maximum Gasteiger partial charge on any atom is 0.165 e. The number of nitrogens with zero attached hydrogens (tertiary/aromatic N) is 6. The van der Waals surface area contributed by atoms with Crippen molar-refractivity contribution in [1.29, 1.82) is 0 Å². The van der Waals surface area contributed by atoms with Crippen molar-refractivity contribution in [2.45, 2.75) is 65.1 Å². The summed E-state index contributed by atoms with van der Waals surface area (Å²) in [5, 5.41) is 19.9. The number of rotatable bonds is 6. The number of anilines is 1. The standard InChI is InChI=1S/C31H34N6O2/c1-20-28(21(2)39-35-20)23-13-14-26-25(16-23)30(37-15-9-8-12-27(37)22-10-6-5-7-11-22)34-29(33-26)24-17-32-36(18-24)19-31(3,4)38/h5-7,10-11,13-14,16-18,27,38H,8-9,12,15,19H2,1-4H3/t27-/m1/s1. The van der Waals surface area contributed by atoms with E-state index in [2.05, 4.69) is 63.7 Å². The molecule has 0 radical (unpaired) electrons. The first kappa shape index (κ1) is 25.2. The smallest absolute Gasteiger partial charge is 0.165 e. The van der Waals surface area contributed by atoms with Gasteiger partial charge in [0, 0.05) is 23.7 Å². The van der Waals surface area contributed by atoms with Gasteiger partial charge in [-0.05, 0) is 70.2 Å². The molecule has 8 heteroatoms. The highest BCUT2D eigenvalue weighted by Gasteiger charge is 2.28. The van der Waals surface area contributed by atoms with Gasteiger partial charge in [-0.2, -0.15) is 5.10 Å². The van der Waals surface area contributed by atoms with Gasteiger partial charge in [-0.25, -0.2) is 9.97 Å². The SMILES string of the molecule is Cc1noc(C)c1-c1ccc2nc(-c3cnn(CC(C)(C)O)c3)nc(N3CCCC[C@@H]3c3ccccc3)c2c1. The highest BCUT2D eigenvalue weighted by Crippen LogP contribution is 2.40. The zero-order valence-corrected chi connectivity index (χ0v) is 22.9. The number of aromatic nitrogens is 5. The average molecular weight is 523 g/mol. The predicted molar refractivity (Wildman–Crippen MR) is 152 cm³/mol. The first-order valence-corrected chi connectivity index (χ1v) is 13.6. The monoisotopic (exact) mass is 522 g/mol. The summed E-state index contributed by atoms with van der Waals surface area (Å²) >= 11 is 0. The van der Waals surface area contributed by atoms with Crippen molar-refractivity contribution in [3.05, 3.63) is 77.9 Å². The van der Waals surface area contributed by atoms with Crippen molar-refractivity contribution in [1.82, 2.24) is 24.9 Å². The lowest BCUT2D eigenvalue weighted by atomic mass is 9.94. The fourth-order valence-corrected chi connectivity index (χ4v) is 5.68. The molecule has 39 heavy (non-hydrogen) atoms. The van der Waals surface area contributed by atoms with Gasteiger partial charge in [0.25, 0.3) is 0 Å². The summed E-state index contributed by atoms with van der Waals surface area (Å²) < 4.78 is 7.23. The van der Waals surface area contributed by atoms with Crippen molar-refractivity contribution < 1.29 is 9.63 Å². The van der Waals surface area contributed by atoms with Crippen molar-refractivity contribution in [2.75, 3.05) is 11.4 Å². The maximum absolute atomic E-state index is 10.3. The molecule has 0 amide bonds. The third kappa shape index (κ3) is 5.04. The molecule has 1 saturated heterocycles. The molecule has 2 aromatic carbocycles. The van der Waals surface area contributed by atoms with E-state index >= 15 is 0 Å². The minimum absolute atomic E-state index is 0.228. The zero-order valence-electron chi connectivity index (χ0n) is 22.9. The lowest BCUT2D eigenvalue weighted by Crippen LogP contribution is -2.34. The van der Waals surface area contributed by atoms with E-state index in [0.29, 0.717) is 12.4 Å². The Hall–Kier alpha value is -4.04. The van der Waals surface area contributed by atoms with Crippen LogP contribution in [0.4, 0.5) is 5.82 Å². The molecule has 1 aliphatic rings. The molecule has 0 spiro atoms. The molecule has 1 atom stereocenters. The number of aliphatic hydroxyl groups is 1. The second-order valence-electron chi connectivity index (χ2n) is 11.2. The summed E-state index contributed by atoms with van der Waals surface area (Å²) in [4.78, 5) is 12.6. The van der Waals surface area contributed by atoms with Gasteiger partial charge in [-0.15, -0.1) is 0 Å². The number of hydrogen-bond acceptors (Lipinski definition) is 7. The highest BCUT2D eigenvalue weighted by molar-refractivity contribution is 5.95. The van der Waals surface area contributed by atoms with E-state index in [1.54, 1.807) is 24.7 Å². The number of fused-ring (bicyclic) bond motifs is 1. The Morgan fingerprint density at radius 2 is 1.85 bits per heavy atom. The third-order valence-electron chi connectivity index (χ3n) is 7.40. The molecule has 0 bridgehead atoms. The Balaban J connectivity index is 1.52. The quantitative estimate of drug-likeness (QED) is 0.281. The number of benzene rings is 2. The van der Waals surface area contributed by atoms with Crippen LogP contribution in [-0.2, 0) is 6.54 Å². The summed E-state index contributed by atoms with van der Waals surface area (Å²) in [5.74, 6) is 2.35. The van der Waals surface area contributed by atoms with Crippen LogP contribution < -0.4 is 4.90 Å². The van der Waals surface area contributed by atoms with Gasteiger partial charge in [0.1, 0.15) is 11.6 Å². The Bertz CT molecular complexity index is 1600.